The maximum absolute atomic E-state index is 12.0. The summed E-state index contributed by atoms with van der Waals surface area (Å²) in [4.78, 5) is 12.0. The lowest BCUT2D eigenvalue weighted by molar-refractivity contribution is 0.0919. The van der Waals surface area contributed by atoms with Crippen LogP contribution in [0.5, 0.6) is 0 Å². The largest absolute Gasteiger partial charge is 0.393 e. The molecule has 0 radical (unpaired) electrons. The van der Waals surface area contributed by atoms with Gasteiger partial charge >= 0.3 is 0 Å². The first-order valence-corrected chi connectivity index (χ1v) is 6.46. The lowest BCUT2D eigenvalue weighted by Crippen LogP contribution is -2.29. The lowest BCUT2D eigenvalue weighted by Gasteiger charge is -2.15. The van der Waals surface area contributed by atoms with Gasteiger partial charge in [0.25, 0.3) is 5.91 Å². The summed E-state index contributed by atoms with van der Waals surface area (Å²) in [5, 5.41) is 12.5. The molecule has 0 fully saturated rings. The lowest BCUT2D eigenvalue weighted by atomic mass is 10.0. The molecule has 1 amide bonds. The molecule has 0 saturated heterocycles. The molecule has 0 heterocycles. The molecule has 0 aromatic heterocycles. The number of aliphatic hydroxyl groups excluding tert-OH is 1. The van der Waals surface area contributed by atoms with Crippen molar-refractivity contribution in [3.05, 3.63) is 34.9 Å². The quantitative estimate of drug-likeness (QED) is 0.842. The molecule has 0 aliphatic heterocycles. The van der Waals surface area contributed by atoms with Crippen LogP contribution in [0.4, 0.5) is 0 Å². The number of carbonyl (C=O) groups excluding carboxylic acids is 1. The Bertz CT molecular complexity index is 393. The first kappa shape index (κ1) is 14.7. The number of amides is 1. The second-order valence-corrected chi connectivity index (χ2v) is 5.12. The summed E-state index contributed by atoms with van der Waals surface area (Å²) >= 11 is 0. The fourth-order valence-electron chi connectivity index (χ4n) is 1.93. The number of carbonyl (C=O) groups is 1. The van der Waals surface area contributed by atoms with Gasteiger partial charge in [-0.3, -0.25) is 4.79 Å². The third-order valence-electron chi connectivity index (χ3n) is 3.20. The van der Waals surface area contributed by atoms with Crippen molar-refractivity contribution >= 4 is 5.91 Å². The summed E-state index contributed by atoms with van der Waals surface area (Å²) in [5.74, 6) is 0.170. The van der Waals surface area contributed by atoms with Crippen molar-refractivity contribution in [2.24, 2.45) is 5.92 Å². The summed E-state index contributed by atoms with van der Waals surface area (Å²) in [5.41, 5.74) is 2.71. The van der Waals surface area contributed by atoms with Gasteiger partial charge in [-0.15, -0.1) is 0 Å². The first-order chi connectivity index (χ1) is 8.43. The monoisotopic (exact) mass is 249 g/mol. The third kappa shape index (κ3) is 3.84. The van der Waals surface area contributed by atoms with Crippen LogP contribution in [0.15, 0.2) is 18.2 Å². The highest BCUT2D eigenvalue weighted by molar-refractivity contribution is 5.97. The number of rotatable bonds is 5. The van der Waals surface area contributed by atoms with Crippen LogP contribution in [-0.2, 0) is 0 Å². The molecular formula is C15H23NO2. The first-order valence-electron chi connectivity index (χ1n) is 6.46. The van der Waals surface area contributed by atoms with Gasteiger partial charge in [-0.05, 0) is 37.3 Å². The van der Waals surface area contributed by atoms with Gasteiger partial charge in [-0.25, -0.2) is 0 Å². The van der Waals surface area contributed by atoms with Crippen LogP contribution in [0, 0.1) is 19.8 Å². The Morgan fingerprint density at radius 1 is 1.28 bits per heavy atom. The van der Waals surface area contributed by atoms with Crippen LogP contribution in [0.1, 0.15) is 41.8 Å². The average Bonchev–Trinajstić information content (AvgIpc) is 2.28. The van der Waals surface area contributed by atoms with Crippen molar-refractivity contribution in [3.63, 3.8) is 0 Å². The predicted molar refractivity (Wildman–Crippen MR) is 73.7 cm³/mol. The standard InChI is InChI=1S/C15H23NO2/c1-10(2)13(17)8-9-16-15(18)14-11(3)6-5-7-12(14)4/h5-7,10,13,17H,8-9H2,1-4H3,(H,16,18). The smallest absolute Gasteiger partial charge is 0.251 e. The van der Waals surface area contributed by atoms with Crippen LogP contribution in [-0.4, -0.2) is 23.7 Å². The number of hydrogen-bond donors (Lipinski definition) is 2. The van der Waals surface area contributed by atoms with E-state index in [9.17, 15) is 9.90 Å². The van der Waals surface area contributed by atoms with E-state index < -0.39 is 0 Å². The van der Waals surface area contributed by atoms with Crippen LogP contribution in [0.25, 0.3) is 0 Å². The van der Waals surface area contributed by atoms with Crippen molar-refractivity contribution in [1.82, 2.24) is 5.32 Å². The fourth-order valence-corrected chi connectivity index (χ4v) is 1.93. The van der Waals surface area contributed by atoms with E-state index in [1.807, 2.05) is 45.9 Å². The molecule has 0 bridgehead atoms. The second kappa shape index (κ2) is 6.55. The molecule has 1 atom stereocenters. The number of benzene rings is 1. The Hall–Kier alpha value is -1.35. The van der Waals surface area contributed by atoms with E-state index in [-0.39, 0.29) is 17.9 Å². The van der Waals surface area contributed by atoms with Crippen LogP contribution >= 0.6 is 0 Å². The maximum Gasteiger partial charge on any atom is 0.251 e. The average molecular weight is 249 g/mol. The predicted octanol–water partition coefficient (Wildman–Crippen LogP) is 2.44. The molecule has 0 aliphatic carbocycles. The Morgan fingerprint density at radius 2 is 1.83 bits per heavy atom. The number of nitrogens with one attached hydrogen (secondary N) is 1. The van der Waals surface area contributed by atoms with E-state index >= 15 is 0 Å². The van der Waals surface area contributed by atoms with E-state index in [2.05, 4.69) is 5.32 Å². The molecule has 1 unspecified atom stereocenters. The van der Waals surface area contributed by atoms with E-state index in [1.165, 1.54) is 0 Å². The fraction of sp³-hybridized carbons (Fsp3) is 0.533. The van der Waals surface area contributed by atoms with Gasteiger partial charge in [-0.1, -0.05) is 32.0 Å². The van der Waals surface area contributed by atoms with Gasteiger partial charge in [0.2, 0.25) is 0 Å². The van der Waals surface area contributed by atoms with Crippen molar-refractivity contribution in [3.8, 4) is 0 Å². The molecule has 100 valence electrons. The molecule has 0 aliphatic rings. The Kier molecular flexibility index (Phi) is 5.35. The summed E-state index contributed by atoms with van der Waals surface area (Å²) in [6.07, 6.45) is 0.234. The summed E-state index contributed by atoms with van der Waals surface area (Å²) in [7, 11) is 0. The number of aliphatic hydroxyl groups is 1. The molecule has 1 rings (SSSR count). The second-order valence-electron chi connectivity index (χ2n) is 5.12. The minimum Gasteiger partial charge on any atom is -0.393 e. The zero-order valence-electron chi connectivity index (χ0n) is 11.7. The van der Waals surface area contributed by atoms with Crippen molar-refractivity contribution < 1.29 is 9.90 Å². The highest BCUT2D eigenvalue weighted by atomic mass is 16.3. The molecule has 0 spiro atoms. The number of aryl methyl sites for hydroxylation is 2. The Morgan fingerprint density at radius 3 is 2.33 bits per heavy atom. The molecule has 1 aromatic rings. The number of hydrogen-bond acceptors (Lipinski definition) is 2. The van der Waals surface area contributed by atoms with Crippen molar-refractivity contribution in [2.45, 2.75) is 40.2 Å². The highest BCUT2D eigenvalue weighted by Gasteiger charge is 2.13. The van der Waals surface area contributed by atoms with Gasteiger partial charge in [-0.2, -0.15) is 0 Å². The highest BCUT2D eigenvalue weighted by Crippen LogP contribution is 2.13. The van der Waals surface area contributed by atoms with Gasteiger partial charge in [0.05, 0.1) is 6.10 Å². The summed E-state index contributed by atoms with van der Waals surface area (Å²) in [6.45, 7) is 8.32. The van der Waals surface area contributed by atoms with E-state index in [0.29, 0.717) is 13.0 Å². The molecule has 0 saturated carbocycles. The zero-order chi connectivity index (χ0) is 13.7. The SMILES string of the molecule is Cc1cccc(C)c1C(=O)NCCC(O)C(C)C. The van der Waals surface area contributed by atoms with E-state index in [1.54, 1.807) is 0 Å². The summed E-state index contributed by atoms with van der Waals surface area (Å²) < 4.78 is 0. The zero-order valence-corrected chi connectivity index (χ0v) is 11.7. The van der Waals surface area contributed by atoms with Crippen molar-refractivity contribution in [1.29, 1.82) is 0 Å². The van der Waals surface area contributed by atoms with Gasteiger partial charge in [0.15, 0.2) is 0 Å². The molecule has 2 N–H and O–H groups in total. The Balaban J connectivity index is 2.56. The topological polar surface area (TPSA) is 49.3 Å². The molecule has 3 heteroatoms. The molecule has 3 nitrogen and oxygen atoms in total. The van der Waals surface area contributed by atoms with Gasteiger partial charge in [0.1, 0.15) is 0 Å². The minimum absolute atomic E-state index is 0.0541. The van der Waals surface area contributed by atoms with E-state index in [0.717, 1.165) is 16.7 Å². The van der Waals surface area contributed by atoms with Gasteiger partial charge < -0.3 is 10.4 Å². The minimum atomic E-state index is -0.358. The molecular weight excluding hydrogens is 226 g/mol. The maximum atomic E-state index is 12.0. The Labute approximate surface area is 109 Å². The molecule has 1 aromatic carbocycles. The van der Waals surface area contributed by atoms with Crippen LogP contribution < -0.4 is 5.32 Å². The van der Waals surface area contributed by atoms with Crippen molar-refractivity contribution in [2.75, 3.05) is 6.54 Å². The van der Waals surface area contributed by atoms with Gasteiger partial charge in [0, 0.05) is 12.1 Å². The molecule has 18 heavy (non-hydrogen) atoms. The third-order valence-corrected chi connectivity index (χ3v) is 3.20. The van der Waals surface area contributed by atoms with Crippen LogP contribution in [0.2, 0.25) is 0 Å². The van der Waals surface area contributed by atoms with E-state index in [4.69, 9.17) is 0 Å². The van der Waals surface area contributed by atoms with Crippen LogP contribution in [0.3, 0.4) is 0 Å². The summed E-state index contributed by atoms with van der Waals surface area (Å²) in [6, 6.07) is 5.82. The normalized spacial score (nSPS) is 12.6.